The zero-order chi connectivity index (χ0) is 15.4. The smallest absolute Gasteiger partial charge is 0.248 e. The average Bonchev–Trinajstić information content (AvgIpc) is 3.19. The highest BCUT2D eigenvalue weighted by atomic mass is 35.5. The van der Waals surface area contributed by atoms with Crippen molar-refractivity contribution in [2.75, 3.05) is 5.32 Å². The number of aromatic nitrogens is 3. The van der Waals surface area contributed by atoms with E-state index in [-0.39, 0.29) is 5.91 Å². The van der Waals surface area contributed by atoms with E-state index in [1.807, 2.05) is 0 Å². The number of carbonyl (C=O) groups is 1. The summed E-state index contributed by atoms with van der Waals surface area (Å²) in [4.78, 5) is 15.9. The molecule has 3 aromatic rings. The largest absolute Gasteiger partial charge is 0.465 e. The maximum atomic E-state index is 12.0. The summed E-state index contributed by atoms with van der Waals surface area (Å²) in [6.45, 7) is 0. The van der Waals surface area contributed by atoms with Crippen molar-refractivity contribution in [2.45, 2.75) is 0 Å². The van der Waals surface area contributed by atoms with Crippen molar-refractivity contribution in [3.8, 4) is 5.69 Å². The summed E-state index contributed by atoms with van der Waals surface area (Å²) in [7, 11) is 0. The maximum Gasteiger partial charge on any atom is 0.248 e. The van der Waals surface area contributed by atoms with Crippen LogP contribution in [0.5, 0.6) is 0 Å². The molecular weight excluding hydrogens is 304 g/mol. The van der Waals surface area contributed by atoms with Gasteiger partial charge in [-0.1, -0.05) is 11.6 Å². The van der Waals surface area contributed by atoms with E-state index in [1.54, 1.807) is 41.1 Å². The maximum absolute atomic E-state index is 12.0. The minimum absolute atomic E-state index is 0.306. The first-order valence-corrected chi connectivity index (χ1v) is 6.77. The molecule has 0 saturated carbocycles. The number of carbonyl (C=O) groups excluding carboxylic acids is 1. The number of benzene rings is 1. The van der Waals surface area contributed by atoms with Crippen LogP contribution in [-0.4, -0.2) is 20.7 Å². The van der Waals surface area contributed by atoms with Gasteiger partial charge in [0, 0.05) is 11.1 Å². The van der Waals surface area contributed by atoms with Crippen molar-refractivity contribution >= 4 is 29.3 Å². The van der Waals surface area contributed by atoms with Crippen LogP contribution in [0, 0.1) is 0 Å². The summed E-state index contributed by atoms with van der Waals surface area (Å²) in [5.41, 5.74) is 1.20. The van der Waals surface area contributed by atoms with Gasteiger partial charge in [0.15, 0.2) is 0 Å². The summed E-state index contributed by atoms with van der Waals surface area (Å²) in [5, 5.41) is 7.32. The molecule has 110 valence electrons. The molecule has 0 bridgehead atoms. The first-order chi connectivity index (χ1) is 10.7. The Balaban J connectivity index is 1.82. The van der Waals surface area contributed by atoms with Crippen LogP contribution >= 0.6 is 11.6 Å². The van der Waals surface area contributed by atoms with Crippen LogP contribution in [-0.2, 0) is 4.79 Å². The van der Waals surface area contributed by atoms with Gasteiger partial charge in [0.2, 0.25) is 5.91 Å². The van der Waals surface area contributed by atoms with E-state index >= 15 is 0 Å². The summed E-state index contributed by atoms with van der Waals surface area (Å²) in [6, 6.07) is 8.62. The summed E-state index contributed by atoms with van der Waals surface area (Å²) < 4.78 is 6.67. The van der Waals surface area contributed by atoms with E-state index in [2.05, 4.69) is 15.4 Å². The molecule has 2 aromatic heterocycles. The summed E-state index contributed by atoms with van der Waals surface area (Å²) in [6.07, 6.45) is 7.45. The predicted molar refractivity (Wildman–Crippen MR) is 82.7 cm³/mol. The van der Waals surface area contributed by atoms with Crippen molar-refractivity contribution < 1.29 is 9.21 Å². The van der Waals surface area contributed by atoms with E-state index < -0.39 is 0 Å². The topological polar surface area (TPSA) is 73.0 Å². The van der Waals surface area contributed by atoms with Gasteiger partial charge in [-0.05, 0) is 36.4 Å². The minimum Gasteiger partial charge on any atom is -0.465 e. The van der Waals surface area contributed by atoms with Gasteiger partial charge < -0.3 is 9.73 Å². The van der Waals surface area contributed by atoms with Gasteiger partial charge in [-0.15, -0.1) is 0 Å². The van der Waals surface area contributed by atoms with Gasteiger partial charge in [0.05, 0.1) is 17.6 Å². The molecule has 0 aliphatic carbocycles. The van der Waals surface area contributed by atoms with Crippen LogP contribution in [0.1, 0.15) is 5.76 Å². The fourth-order valence-electron chi connectivity index (χ4n) is 1.86. The summed E-state index contributed by atoms with van der Waals surface area (Å²) >= 11 is 5.99. The van der Waals surface area contributed by atoms with E-state index in [4.69, 9.17) is 16.0 Å². The lowest BCUT2D eigenvalue weighted by Crippen LogP contribution is -2.11. The number of nitrogens with one attached hydrogen (secondary N) is 1. The van der Waals surface area contributed by atoms with Gasteiger partial charge in [0.25, 0.3) is 0 Å². The van der Waals surface area contributed by atoms with E-state index in [1.165, 1.54) is 25.0 Å². The third-order valence-electron chi connectivity index (χ3n) is 2.82. The lowest BCUT2D eigenvalue weighted by Gasteiger charge is -2.09. The molecule has 6 nitrogen and oxygen atoms in total. The molecule has 22 heavy (non-hydrogen) atoms. The molecule has 2 heterocycles. The fourth-order valence-corrected chi connectivity index (χ4v) is 2.03. The Bertz CT molecular complexity index is 795. The van der Waals surface area contributed by atoms with Crippen LogP contribution in [0.4, 0.5) is 5.69 Å². The Hall–Kier alpha value is -2.86. The summed E-state index contributed by atoms with van der Waals surface area (Å²) in [5.74, 6) is 0.290. The first kappa shape index (κ1) is 14.1. The van der Waals surface area contributed by atoms with Crippen LogP contribution in [0.25, 0.3) is 11.8 Å². The van der Waals surface area contributed by atoms with E-state index in [0.29, 0.717) is 22.2 Å². The van der Waals surface area contributed by atoms with Crippen molar-refractivity contribution in [2.24, 2.45) is 0 Å². The molecule has 0 spiro atoms. The molecule has 0 saturated heterocycles. The highest BCUT2D eigenvalue weighted by Crippen LogP contribution is 2.24. The van der Waals surface area contributed by atoms with Crippen LogP contribution in [0.2, 0.25) is 5.02 Å². The lowest BCUT2D eigenvalue weighted by molar-refractivity contribution is -0.111. The van der Waals surface area contributed by atoms with Crippen LogP contribution in [0.15, 0.2) is 59.7 Å². The molecule has 0 radical (unpaired) electrons. The minimum atomic E-state index is -0.306. The number of amides is 1. The number of furan rings is 1. The second kappa shape index (κ2) is 6.28. The highest BCUT2D eigenvalue weighted by Gasteiger charge is 2.08. The first-order valence-electron chi connectivity index (χ1n) is 6.39. The zero-order valence-electron chi connectivity index (χ0n) is 11.3. The standard InChI is InChI=1S/C15H11ClN4O2/c16-11-3-5-14(20-10-17-9-18-20)13(8-11)19-15(21)6-4-12-2-1-7-22-12/h1-10H,(H,19,21)/b6-4+. The van der Waals surface area contributed by atoms with Gasteiger partial charge in [-0.3, -0.25) is 4.79 Å². The number of hydrogen-bond acceptors (Lipinski definition) is 4. The van der Waals surface area contributed by atoms with Gasteiger partial charge in [-0.2, -0.15) is 5.10 Å². The Kier molecular flexibility index (Phi) is 4.02. The van der Waals surface area contributed by atoms with Crippen LogP contribution < -0.4 is 5.32 Å². The SMILES string of the molecule is O=C(/C=C/c1ccco1)Nc1cc(Cl)ccc1-n1cncn1. The van der Waals surface area contributed by atoms with Crippen molar-refractivity contribution in [3.05, 3.63) is 66.1 Å². The quantitative estimate of drug-likeness (QED) is 0.751. The zero-order valence-corrected chi connectivity index (χ0v) is 12.1. The monoisotopic (exact) mass is 314 g/mol. The Labute approximate surface area is 131 Å². The molecule has 0 aliphatic heterocycles. The van der Waals surface area contributed by atoms with Crippen molar-refractivity contribution in [1.82, 2.24) is 14.8 Å². The number of halogens is 1. The second-order valence-corrected chi connectivity index (χ2v) is 4.78. The molecule has 3 rings (SSSR count). The highest BCUT2D eigenvalue weighted by molar-refractivity contribution is 6.31. The number of rotatable bonds is 4. The second-order valence-electron chi connectivity index (χ2n) is 4.34. The third-order valence-corrected chi connectivity index (χ3v) is 3.06. The Morgan fingerprint density at radius 2 is 2.27 bits per heavy atom. The van der Waals surface area contributed by atoms with E-state index in [0.717, 1.165) is 0 Å². The third kappa shape index (κ3) is 3.24. The normalized spacial score (nSPS) is 11.0. The number of nitrogens with zero attached hydrogens (tertiary/aromatic N) is 3. The molecule has 0 unspecified atom stereocenters. The van der Waals surface area contributed by atoms with E-state index in [9.17, 15) is 4.79 Å². The molecule has 1 aromatic carbocycles. The van der Waals surface area contributed by atoms with Crippen molar-refractivity contribution in [3.63, 3.8) is 0 Å². The van der Waals surface area contributed by atoms with Crippen LogP contribution in [0.3, 0.4) is 0 Å². The fraction of sp³-hybridized carbons (Fsp3) is 0. The number of hydrogen-bond donors (Lipinski definition) is 1. The van der Waals surface area contributed by atoms with Gasteiger partial charge in [-0.25, -0.2) is 9.67 Å². The molecule has 7 heteroatoms. The van der Waals surface area contributed by atoms with Gasteiger partial charge in [0.1, 0.15) is 18.4 Å². The lowest BCUT2D eigenvalue weighted by atomic mass is 10.2. The Morgan fingerprint density at radius 3 is 3.00 bits per heavy atom. The average molecular weight is 315 g/mol. The molecule has 1 N–H and O–H groups in total. The van der Waals surface area contributed by atoms with Gasteiger partial charge >= 0.3 is 0 Å². The molecule has 0 atom stereocenters. The Morgan fingerprint density at radius 1 is 1.36 bits per heavy atom. The molecule has 1 amide bonds. The number of anilines is 1. The van der Waals surface area contributed by atoms with Crippen molar-refractivity contribution in [1.29, 1.82) is 0 Å². The molecule has 0 aliphatic rings. The molecule has 0 fully saturated rings. The molecular formula is C15H11ClN4O2. The predicted octanol–water partition coefficient (Wildman–Crippen LogP) is 3.17.